The highest BCUT2D eigenvalue weighted by molar-refractivity contribution is 6.12. The van der Waals surface area contributed by atoms with Crippen LogP contribution in [-0.4, -0.2) is 41.8 Å². The third-order valence-electron chi connectivity index (χ3n) is 7.12. The molecule has 1 aliphatic heterocycles. The maximum Gasteiger partial charge on any atom is 0.253 e. The summed E-state index contributed by atoms with van der Waals surface area (Å²) in [4.78, 5) is 36.4. The van der Waals surface area contributed by atoms with E-state index in [2.05, 4.69) is 20.8 Å². The molecular formula is C20H31NO5. The number of imide groups is 1. The third kappa shape index (κ3) is 3.02. The van der Waals surface area contributed by atoms with Crippen molar-refractivity contribution in [1.29, 1.82) is 0 Å². The molecule has 0 N–H and O–H groups in total. The predicted octanol–water partition coefficient (Wildman–Crippen LogP) is 3.22. The SMILES string of the molecule is COC(C)(CCCN1C(=O)C=CC1=O)OOC12CC(CCC1C)C2(C)C. The van der Waals surface area contributed by atoms with E-state index >= 15 is 0 Å². The molecule has 3 saturated carbocycles. The van der Waals surface area contributed by atoms with Crippen LogP contribution in [0.1, 0.15) is 59.8 Å². The highest BCUT2D eigenvalue weighted by Gasteiger charge is 2.67. The molecule has 0 spiro atoms. The first kappa shape index (κ1) is 19.5. The third-order valence-corrected chi connectivity index (χ3v) is 7.12. The molecular weight excluding hydrogens is 334 g/mol. The lowest BCUT2D eigenvalue weighted by atomic mass is 9.43. The van der Waals surface area contributed by atoms with Crippen LogP contribution in [0.2, 0.25) is 0 Å². The molecule has 4 aliphatic rings. The van der Waals surface area contributed by atoms with Gasteiger partial charge in [0, 0.05) is 37.6 Å². The van der Waals surface area contributed by atoms with Crippen LogP contribution in [-0.2, 0) is 24.1 Å². The van der Waals surface area contributed by atoms with Gasteiger partial charge < -0.3 is 4.74 Å². The molecule has 146 valence electrons. The van der Waals surface area contributed by atoms with Crippen molar-refractivity contribution in [2.24, 2.45) is 17.3 Å². The number of carbonyl (C=O) groups is 2. The van der Waals surface area contributed by atoms with Crippen molar-refractivity contribution in [2.75, 3.05) is 13.7 Å². The summed E-state index contributed by atoms with van der Waals surface area (Å²) in [5, 5.41) is 0. The van der Waals surface area contributed by atoms with E-state index in [1.807, 2.05) is 6.92 Å². The number of hydrogen-bond acceptors (Lipinski definition) is 5. The Bertz CT molecular complexity index is 597. The summed E-state index contributed by atoms with van der Waals surface area (Å²) in [5.74, 6) is -0.302. The standard InChI is InChI=1S/C20H31NO5/c1-14-7-8-15-13-20(14,18(15,2)3)26-25-19(4,24-5)11-6-12-21-16(22)9-10-17(21)23/h9-10,14-15H,6-8,11-13H2,1-5H3. The van der Waals surface area contributed by atoms with Gasteiger partial charge in [-0.2, -0.15) is 0 Å². The van der Waals surface area contributed by atoms with Gasteiger partial charge in [0.1, 0.15) is 5.60 Å². The number of ether oxygens (including phenoxy) is 1. The zero-order valence-electron chi connectivity index (χ0n) is 16.5. The first-order chi connectivity index (χ1) is 12.2. The van der Waals surface area contributed by atoms with Gasteiger partial charge in [0.15, 0.2) is 5.79 Å². The molecule has 2 amide bonds. The lowest BCUT2D eigenvalue weighted by molar-refractivity contribution is -0.506. The van der Waals surface area contributed by atoms with Crippen LogP contribution in [0.15, 0.2) is 12.2 Å². The minimum atomic E-state index is -0.910. The van der Waals surface area contributed by atoms with Crippen molar-refractivity contribution in [3.8, 4) is 0 Å². The maximum atomic E-state index is 11.6. The summed E-state index contributed by atoms with van der Waals surface area (Å²) in [6.07, 6.45) is 7.16. The fourth-order valence-corrected chi connectivity index (χ4v) is 4.86. The number of fused-ring (bicyclic) bond motifs is 2. The van der Waals surface area contributed by atoms with Gasteiger partial charge >= 0.3 is 0 Å². The largest absolute Gasteiger partial charge is 0.351 e. The molecule has 3 fully saturated rings. The smallest absolute Gasteiger partial charge is 0.253 e. The molecule has 26 heavy (non-hydrogen) atoms. The van der Waals surface area contributed by atoms with Crippen molar-refractivity contribution in [3.63, 3.8) is 0 Å². The average molecular weight is 365 g/mol. The molecule has 4 unspecified atom stereocenters. The van der Waals surface area contributed by atoms with E-state index < -0.39 is 5.79 Å². The Balaban J connectivity index is 1.55. The molecule has 3 aliphatic carbocycles. The zero-order chi connectivity index (χ0) is 19.2. The topological polar surface area (TPSA) is 65.1 Å². The molecule has 4 rings (SSSR count). The number of rotatable bonds is 8. The summed E-state index contributed by atoms with van der Waals surface area (Å²) < 4.78 is 5.56. The first-order valence-electron chi connectivity index (χ1n) is 9.61. The maximum absolute atomic E-state index is 11.6. The fourth-order valence-electron chi connectivity index (χ4n) is 4.86. The van der Waals surface area contributed by atoms with Crippen LogP contribution in [0.3, 0.4) is 0 Å². The summed E-state index contributed by atoms with van der Waals surface area (Å²) in [6.45, 7) is 8.96. The molecule has 4 atom stereocenters. The lowest BCUT2D eigenvalue weighted by Crippen LogP contribution is -2.68. The van der Waals surface area contributed by atoms with Gasteiger partial charge in [-0.3, -0.25) is 14.5 Å². The second kappa shape index (κ2) is 6.73. The molecule has 0 saturated heterocycles. The van der Waals surface area contributed by atoms with Gasteiger partial charge in [0.2, 0.25) is 0 Å². The molecule has 0 aromatic rings. The minimum Gasteiger partial charge on any atom is -0.351 e. The fraction of sp³-hybridized carbons (Fsp3) is 0.800. The molecule has 0 aromatic carbocycles. The van der Waals surface area contributed by atoms with Crippen molar-refractivity contribution in [2.45, 2.75) is 71.2 Å². The van der Waals surface area contributed by atoms with Crippen LogP contribution < -0.4 is 0 Å². The molecule has 0 aromatic heterocycles. The van der Waals surface area contributed by atoms with Gasteiger partial charge in [0.25, 0.3) is 11.8 Å². The monoisotopic (exact) mass is 365 g/mol. The molecule has 2 bridgehead atoms. The van der Waals surface area contributed by atoms with Crippen LogP contribution in [0.4, 0.5) is 0 Å². The van der Waals surface area contributed by atoms with Gasteiger partial charge in [-0.25, -0.2) is 9.78 Å². The molecule has 1 heterocycles. The predicted molar refractivity (Wildman–Crippen MR) is 95.7 cm³/mol. The number of nitrogens with zero attached hydrogens (tertiary/aromatic N) is 1. The molecule has 0 radical (unpaired) electrons. The first-order valence-corrected chi connectivity index (χ1v) is 9.61. The second-order valence-corrected chi connectivity index (χ2v) is 8.76. The number of carbonyl (C=O) groups excluding carboxylic acids is 2. The van der Waals surface area contributed by atoms with Crippen LogP contribution in [0.5, 0.6) is 0 Å². The Morgan fingerprint density at radius 2 is 1.88 bits per heavy atom. The zero-order valence-corrected chi connectivity index (χ0v) is 16.5. The number of hydrogen-bond donors (Lipinski definition) is 0. The number of amides is 2. The summed E-state index contributed by atoms with van der Waals surface area (Å²) in [6, 6.07) is 0. The lowest BCUT2D eigenvalue weighted by Gasteiger charge is -2.66. The van der Waals surface area contributed by atoms with Gasteiger partial charge in [-0.1, -0.05) is 20.8 Å². The Morgan fingerprint density at radius 3 is 2.42 bits per heavy atom. The van der Waals surface area contributed by atoms with E-state index in [9.17, 15) is 9.59 Å². The highest BCUT2D eigenvalue weighted by Crippen LogP contribution is 2.66. The Hall–Kier alpha value is -1.24. The average Bonchev–Trinajstić information content (AvgIpc) is 2.92. The van der Waals surface area contributed by atoms with Crippen LogP contribution in [0, 0.1) is 17.3 Å². The normalized spacial score (nSPS) is 34.7. The second-order valence-electron chi connectivity index (χ2n) is 8.76. The minimum absolute atomic E-state index is 0.0966. The summed E-state index contributed by atoms with van der Waals surface area (Å²) in [5.41, 5.74) is -0.167. The van der Waals surface area contributed by atoms with Crippen LogP contribution >= 0.6 is 0 Å². The summed E-state index contributed by atoms with van der Waals surface area (Å²) in [7, 11) is 1.59. The quantitative estimate of drug-likeness (QED) is 0.286. The van der Waals surface area contributed by atoms with Gasteiger partial charge in [0.05, 0.1) is 0 Å². The summed E-state index contributed by atoms with van der Waals surface area (Å²) >= 11 is 0. The van der Waals surface area contributed by atoms with Crippen molar-refractivity contribution >= 4 is 11.8 Å². The van der Waals surface area contributed by atoms with Crippen molar-refractivity contribution in [1.82, 2.24) is 4.90 Å². The Kier molecular flexibility index (Phi) is 5.05. The van der Waals surface area contributed by atoms with E-state index in [0.717, 1.165) is 12.8 Å². The highest BCUT2D eigenvalue weighted by atomic mass is 17.2. The number of methoxy groups -OCH3 is 1. The Labute approximate surface area is 155 Å². The van der Waals surface area contributed by atoms with E-state index in [4.69, 9.17) is 14.5 Å². The van der Waals surface area contributed by atoms with Gasteiger partial charge in [-0.05, 0) is 44.4 Å². The van der Waals surface area contributed by atoms with E-state index in [0.29, 0.717) is 31.2 Å². The van der Waals surface area contributed by atoms with E-state index in [-0.39, 0.29) is 22.8 Å². The Morgan fingerprint density at radius 1 is 1.23 bits per heavy atom. The van der Waals surface area contributed by atoms with Crippen molar-refractivity contribution < 1.29 is 24.1 Å². The molecule has 6 heteroatoms. The van der Waals surface area contributed by atoms with Gasteiger partial charge in [-0.15, -0.1) is 0 Å². The van der Waals surface area contributed by atoms with Crippen LogP contribution in [0.25, 0.3) is 0 Å². The van der Waals surface area contributed by atoms with E-state index in [1.54, 1.807) is 7.11 Å². The molecule has 6 nitrogen and oxygen atoms in total. The van der Waals surface area contributed by atoms with E-state index in [1.165, 1.54) is 23.5 Å². The van der Waals surface area contributed by atoms with Crippen molar-refractivity contribution in [3.05, 3.63) is 12.2 Å².